The van der Waals surface area contributed by atoms with E-state index in [1.54, 1.807) is 0 Å². The van der Waals surface area contributed by atoms with Crippen LogP contribution in [0.15, 0.2) is 54.6 Å². The summed E-state index contributed by atoms with van der Waals surface area (Å²) in [5.74, 6) is 0. The van der Waals surface area contributed by atoms with E-state index in [-0.39, 0.29) is 0 Å². The van der Waals surface area contributed by atoms with Crippen LogP contribution in [0.1, 0.15) is 81.0 Å². The van der Waals surface area contributed by atoms with Gasteiger partial charge >= 0.3 is 0 Å². The van der Waals surface area contributed by atoms with Gasteiger partial charge in [0, 0.05) is 23.3 Å². The number of anilines is 1. The maximum absolute atomic E-state index is 4.95. The number of para-hydroxylation sites is 1. The Kier molecular flexibility index (Phi) is 8.38. The van der Waals surface area contributed by atoms with Gasteiger partial charge in [0.25, 0.3) is 0 Å². The lowest BCUT2D eigenvalue weighted by atomic mass is 9.92. The van der Waals surface area contributed by atoms with Gasteiger partial charge in [-0.25, -0.2) is 0 Å². The van der Waals surface area contributed by atoms with Crippen LogP contribution < -0.4 is 5.32 Å². The molecule has 1 aromatic heterocycles. The van der Waals surface area contributed by atoms with Crippen LogP contribution in [0.5, 0.6) is 0 Å². The first kappa shape index (κ1) is 21.9. The minimum atomic E-state index is 1.08. The molecule has 164 valence electrons. The van der Waals surface area contributed by atoms with Crippen molar-refractivity contribution in [2.75, 3.05) is 11.9 Å². The zero-order valence-corrected chi connectivity index (χ0v) is 19.0. The summed E-state index contributed by atoms with van der Waals surface area (Å²) >= 11 is 0. The van der Waals surface area contributed by atoms with Gasteiger partial charge in [-0.2, -0.15) is 0 Å². The van der Waals surface area contributed by atoms with Crippen molar-refractivity contribution >= 4 is 16.6 Å². The van der Waals surface area contributed by atoms with Gasteiger partial charge in [-0.05, 0) is 62.1 Å². The van der Waals surface area contributed by atoms with Crippen molar-refractivity contribution in [3.63, 3.8) is 0 Å². The van der Waals surface area contributed by atoms with Crippen molar-refractivity contribution in [3.8, 4) is 0 Å². The lowest BCUT2D eigenvalue weighted by molar-refractivity contribution is 0.572. The second-order valence-corrected chi connectivity index (χ2v) is 9.13. The molecule has 0 atom stereocenters. The van der Waals surface area contributed by atoms with E-state index in [2.05, 4.69) is 59.9 Å². The highest BCUT2D eigenvalue weighted by Gasteiger charge is 2.17. The van der Waals surface area contributed by atoms with Crippen LogP contribution in [0.4, 0.5) is 5.69 Å². The van der Waals surface area contributed by atoms with Crippen molar-refractivity contribution in [2.45, 2.75) is 83.5 Å². The van der Waals surface area contributed by atoms with E-state index < -0.39 is 0 Å². The molecular weight excluding hydrogens is 376 g/mol. The summed E-state index contributed by atoms with van der Waals surface area (Å²) in [6, 6.07) is 19.5. The van der Waals surface area contributed by atoms with Crippen molar-refractivity contribution in [3.05, 3.63) is 71.4 Å². The molecule has 31 heavy (non-hydrogen) atoms. The highest BCUT2D eigenvalue weighted by Crippen LogP contribution is 2.33. The van der Waals surface area contributed by atoms with E-state index in [0.717, 1.165) is 18.5 Å². The molecule has 2 nitrogen and oxygen atoms in total. The monoisotopic (exact) mass is 414 g/mol. The lowest BCUT2D eigenvalue weighted by Crippen LogP contribution is -2.12. The zero-order valence-electron chi connectivity index (χ0n) is 19.0. The number of rotatable bonds is 12. The lowest BCUT2D eigenvalue weighted by Gasteiger charge is -2.21. The molecule has 2 aromatic carbocycles. The van der Waals surface area contributed by atoms with Gasteiger partial charge in [0.1, 0.15) is 0 Å². The van der Waals surface area contributed by atoms with Gasteiger partial charge in [0.05, 0.1) is 5.52 Å². The predicted octanol–water partition coefficient (Wildman–Crippen LogP) is 7.89. The Bertz CT molecular complexity index is 932. The molecular formula is C29H38N2. The number of unbranched alkanes of at least 4 members (excludes halogenated alkanes) is 7. The molecule has 0 radical (unpaired) electrons. The number of pyridine rings is 1. The summed E-state index contributed by atoms with van der Waals surface area (Å²) in [5.41, 5.74) is 6.83. The Morgan fingerprint density at radius 3 is 2.19 bits per heavy atom. The first-order valence-corrected chi connectivity index (χ1v) is 12.6. The van der Waals surface area contributed by atoms with Crippen molar-refractivity contribution in [1.29, 1.82) is 0 Å². The molecule has 0 saturated heterocycles. The first-order chi connectivity index (χ1) is 15.4. The first-order valence-electron chi connectivity index (χ1n) is 12.6. The SMILES string of the molecule is c1ccc(CCCCCCCCCCNc2c3c(nc4ccccc24)CCCC3)cc1. The molecule has 1 aliphatic carbocycles. The largest absolute Gasteiger partial charge is 0.384 e. The number of benzene rings is 2. The van der Waals surface area contributed by atoms with Crippen molar-refractivity contribution < 1.29 is 0 Å². The number of nitrogens with zero attached hydrogens (tertiary/aromatic N) is 1. The van der Waals surface area contributed by atoms with Crippen molar-refractivity contribution in [1.82, 2.24) is 4.98 Å². The second-order valence-electron chi connectivity index (χ2n) is 9.13. The molecule has 1 N–H and O–H groups in total. The van der Waals surface area contributed by atoms with Crippen LogP contribution in [0.2, 0.25) is 0 Å². The molecule has 4 rings (SSSR count). The number of aryl methyl sites for hydroxylation is 2. The van der Waals surface area contributed by atoms with E-state index in [1.807, 2.05) is 0 Å². The van der Waals surface area contributed by atoms with E-state index in [4.69, 9.17) is 4.98 Å². The molecule has 1 aliphatic rings. The molecule has 2 heteroatoms. The summed E-state index contributed by atoms with van der Waals surface area (Å²) in [5, 5.41) is 5.11. The van der Waals surface area contributed by atoms with Crippen LogP contribution in [-0.2, 0) is 19.3 Å². The Labute approximate surface area is 188 Å². The summed E-state index contributed by atoms with van der Waals surface area (Å²) < 4.78 is 0. The molecule has 1 heterocycles. The van der Waals surface area contributed by atoms with Crippen LogP contribution in [0.25, 0.3) is 10.9 Å². The van der Waals surface area contributed by atoms with Gasteiger partial charge in [-0.1, -0.05) is 87.1 Å². The number of hydrogen-bond donors (Lipinski definition) is 1. The summed E-state index contributed by atoms with van der Waals surface area (Å²) in [6.07, 6.45) is 17.0. The Morgan fingerprint density at radius 1 is 0.677 bits per heavy atom. The normalized spacial score (nSPS) is 13.3. The third kappa shape index (κ3) is 6.32. The second kappa shape index (κ2) is 11.9. The van der Waals surface area contributed by atoms with Gasteiger partial charge in [0.15, 0.2) is 0 Å². The van der Waals surface area contributed by atoms with Gasteiger partial charge in [-0.3, -0.25) is 4.98 Å². The Balaban J connectivity index is 1.12. The number of fused-ring (bicyclic) bond motifs is 2. The fourth-order valence-electron chi connectivity index (χ4n) is 4.95. The quantitative estimate of drug-likeness (QED) is 0.305. The van der Waals surface area contributed by atoms with Crippen LogP contribution in [0.3, 0.4) is 0 Å². The Hall–Kier alpha value is -2.35. The van der Waals surface area contributed by atoms with E-state index >= 15 is 0 Å². The maximum atomic E-state index is 4.95. The van der Waals surface area contributed by atoms with Gasteiger partial charge in [0.2, 0.25) is 0 Å². The van der Waals surface area contributed by atoms with E-state index in [0.29, 0.717) is 0 Å². The average molecular weight is 415 g/mol. The topological polar surface area (TPSA) is 24.9 Å². The number of aromatic nitrogens is 1. The highest BCUT2D eigenvalue weighted by atomic mass is 14.9. The summed E-state index contributed by atoms with van der Waals surface area (Å²) in [6.45, 7) is 1.08. The fourth-order valence-corrected chi connectivity index (χ4v) is 4.95. The van der Waals surface area contributed by atoms with Crippen LogP contribution in [-0.4, -0.2) is 11.5 Å². The molecule has 0 bridgehead atoms. The van der Waals surface area contributed by atoms with E-state index in [1.165, 1.54) is 105 Å². The molecule has 0 amide bonds. The Morgan fingerprint density at radius 2 is 1.35 bits per heavy atom. The van der Waals surface area contributed by atoms with E-state index in [9.17, 15) is 0 Å². The van der Waals surface area contributed by atoms with Gasteiger partial charge in [-0.15, -0.1) is 0 Å². The number of hydrogen-bond acceptors (Lipinski definition) is 2. The molecule has 0 saturated carbocycles. The molecule has 0 unspecified atom stereocenters. The zero-order chi connectivity index (χ0) is 21.1. The predicted molar refractivity (Wildman–Crippen MR) is 134 cm³/mol. The van der Waals surface area contributed by atoms with Crippen LogP contribution >= 0.6 is 0 Å². The number of nitrogens with one attached hydrogen (secondary N) is 1. The third-order valence-electron chi connectivity index (χ3n) is 6.71. The van der Waals surface area contributed by atoms with Gasteiger partial charge < -0.3 is 5.32 Å². The average Bonchev–Trinajstić information content (AvgIpc) is 2.82. The molecule has 0 fully saturated rings. The summed E-state index contributed by atoms with van der Waals surface area (Å²) in [4.78, 5) is 4.95. The van der Waals surface area contributed by atoms with Crippen molar-refractivity contribution in [2.24, 2.45) is 0 Å². The molecule has 0 aliphatic heterocycles. The smallest absolute Gasteiger partial charge is 0.0726 e. The molecule has 3 aromatic rings. The maximum Gasteiger partial charge on any atom is 0.0726 e. The third-order valence-corrected chi connectivity index (χ3v) is 6.71. The minimum absolute atomic E-state index is 1.08. The summed E-state index contributed by atoms with van der Waals surface area (Å²) in [7, 11) is 0. The van der Waals surface area contributed by atoms with Crippen LogP contribution in [0, 0.1) is 0 Å². The standard InChI is InChI=1S/C29H38N2/c1(3-5-8-16-24-17-9-7-10-18-24)2-4-6-15-23-30-29-25-19-11-13-21-27(25)31-28-22-14-12-20-26(28)29/h7,9-11,13,17-19,21H,1-6,8,12,14-16,20,22-23H2,(H,30,31). The molecule has 0 spiro atoms. The fraction of sp³-hybridized carbons (Fsp3) is 0.483. The minimum Gasteiger partial charge on any atom is -0.384 e. The highest BCUT2D eigenvalue weighted by molar-refractivity contribution is 5.93.